The number of hydrogen-bond donors (Lipinski definition) is 6. The van der Waals surface area contributed by atoms with Gasteiger partial charge in [0.2, 0.25) is 17.8 Å². The maximum Gasteiger partial charge on any atom is 0.361 e. The average molecular weight is 666 g/mol. The lowest BCUT2D eigenvalue weighted by Gasteiger charge is -2.31. The lowest BCUT2D eigenvalue weighted by atomic mass is 9.86. The van der Waals surface area contributed by atoms with Gasteiger partial charge in [0.25, 0.3) is 5.91 Å². The summed E-state index contributed by atoms with van der Waals surface area (Å²) in [5.41, 5.74) is 3.47. The minimum Gasteiger partial charge on any atom is -0.448 e. The number of amides is 2. The summed E-state index contributed by atoms with van der Waals surface area (Å²) in [7, 11) is 3.14. The van der Waals surface area contributed by atoms with Gasteiger partial charge in [0, 0.05) is 32.5 Å². The Labute approximate surface area is 277 Å². The Hall–Kier alpha value is -5.90. The number of carbonyl (C=O) groups excluding carboxylic acids is 5. The van der Waals surface area contributed by atoms with Crippen molar-refractivity contribution in [2.75, 3.05) is 27.2 Å². The molecule has 0 aromatic heterocycles. The second-order valence-corrected chi connectivity index (χ2v) is 10.9. The molecular weight excluding hydrogens is 626 g/mol. The Morgan fingerprint density at radius 3 is 2.10 bits per heavy atom. The molecule has 0 unspecified atom stereocenters. The molecular formula is C32H39N7O9. The third-order valence-corrected chi connectivity index (χ3v) is 6.32. The van der Waals surface area contributed by atoms with E-state index in [2.05, 4.69) is 15.6 Å². The van der Waals surface area contributed by atoms with Crippen molar-refractivity contribution >= 4 is 47.4 Å². The maximum absolute atomic E-state index is 13.4. The van der Waals surface area contributed by atoms with Gasteiger partial charge in [-0.2, -0.15) is 4.99 Å². The minimum atomic E-state index is -1.55. The zero-order valence-corrected chi connectivity index (χ0v) is 27.2. The highest BCUT2D eigenvalue weighted by molar-refractivity contribution is 6.40. The van der Waals surface area contributed by atoms with Gasteiger partial charge in [-0.15, -0.1) is 0 Å². The number of hydrogen-bond acceptors (Lipinski definition) is 11. The molecule has 2 rings (SSSR count). The first kappa shape index (κ1) is 38.3. The summed E-state index contributed by atoms with van der Waals surface area (Å²) in [6.07, 6.45) is 0.900. The minimum absolute atomic E-state index is 0.172. The Morgan fingerprint density at radius 2 is 1.54 bits per heavy atom. The van der Waals surface area contributed by atoms with Crippen LogP contribution in [0.5, 0.6) is 11.5 Å². The number of nitrogens with one attached hydrogen (secondary N) is 4. The fourth-order valence-corrected chi connectivity index (χ4v) is 3.65. The number of carbonyl (C=O) groups is 5. The van der Waals surface area contributed by atoms with E-state index in [-0.39, 0.29) is 47.5 Å². The van der Waals surface area contributed by atoms with Gasteiger partial charge < -0.3 is 35.3 Å². The molecule has 7 N–H and O–H groups in total. The van der Waals surface area contributed by atoms with Crippen LogP contribution in [0.15, 0.2) is 65.7 Å². The van der Waals surface area contributed by atoms with Crippen molar-refractivity contribution in [2.24, 2.45) is 16.1 Å². The fraction of sp³-hybridized carbons (Fsp3) is 0.312. The van der Waals surface area contributed by atoms with Crippen LogP contribution in [0.3, 0.4) is 0 Å². The molecule has 2 aromatic rings. The van der Waals surface area contributed by atoms with Gasteiger partial charge in [0.1, 0.15) is 28.3 Å². The SMILES string of the molecule is C/C=C\C(=N)C(=O)Oc1ccccc1C(=O)Oc1ccccc1C(=O)O[C@@H](C(=O)NCCC(=O)NC(N)=NC(=N)N(C)C)C(C)(C)CO. The highest BCUT2D eigenvalue weighted by Crippen LogP contribution is 2.28. The third-order valence-electron chi connectivity index (χ3n) is 6.32. The van der Waals surface area contributed by atoms with Gasteiger partial charge in [0.05, 0.1) is 6.61 Å². The lowest BCUT2D eigenvalue weighted by Crippen LogP contribution is -2.49. The fourth-order valence-electron chi connectivity index (χ4n) is 3.65. The molecule has 2 amide bonds. The number of aliphatic hydroxyl groups excluding tert-OH is 1. The highest BCUT2D eigenvalue weighted by Gasteiger charge is 2.39. The number of para-hydroxylation sites is 2. The second-order valence-electron chi connectivity index (χ2n) is 10.9. The summed E-state index contributed by atoms with van der Waals surface area (Å²) < 4.78 is 16.2. The number of ether oxygens (including phenoxy) is 3. The van der Waals surface area contributed by atoms with Crippen LogP contribution in [0.25, 0.3) is 0 Å². The van der Waals surface area contributed by atoms with E-state index in [1.807, 2.05) is 0 Å². The summed E-state index contributed by atoms with van der Waals surface area (Å²) in [5.74, 6) is -5.43. The summed E-state index contributed by atoms with van der Waals surface area (Å²) in [6, 6.07) is 11.2. The number of esters is 3. The number of benzene rings is 2. The van der Waals surface area contributed by atoms with Gasteiger partial charge in [-0.25, -0.2) is 14.4 Å². The third kappa shape index (κ3) is 11.2. The van der Waals surface area contributed by atoms with Crippen molar-refractivity contribution in [3.8, 4) is 11.5 Å². The summed E-state index contributed by atoms with van der Waals surface area (Å²) in [6.45, 7) is 3.81. The summed E-state index contributed by atoms with van der Waals surface area (Å²) in [4.78, 5) is 69.2. The molecule has 0 aliphatic heterocycles. The number of nitrogens with zero attached hydrogens (tertiary/aromatic N) is 2. The zero-order valence-electron chi connectivity index (χ0n) is 27.2. The quantitative estimate of drug-likeness (QED) is 0.0772. The van der Waals surface area contributed by atoms with Crippen LogP contribution in [0.2, 0.25) is 0 Å². The van der Waals surface area contributed by atoms with Crippen LogP contribution >= 0.6 is 0 Å². The van der Waals surface area contributed by atoms with Crippen LogP contribution in [-0.2, 0) is 19.1 Å². The standard InChI is InChI=1S/C32H39N7O9/c1-6-11-21(33)29(45)47-23-15-10-7-12-19(23)27(43)46-22-14-9-8-13-20(22)28(44)48-25(32(2,3)18-40)26(42)36-17-16-24(41)37-30(34)38-31(35)39(4)5/h6-15,25,33,40H,16-18H2,1-5H3,(H,36,42)(H4,34,35,37,38,41)/b11-6-,33-21?/t25-/m0/s1. The van der Waals surface area contributed by atoms with Crippen LogP contribution in [0.1, 0.15) is 47.9 Å². The molecule has 1 atom stereocenters. The van der Waals surface area contributed by atoms with Crippen molar-refractivity contribution < 1.29 is 43.3 Å². The predicted molar refractivity (Wildman–Crippen MR) is 175 cm³/mol. The van der Waals surface area contributed by atoms with Gasteiger partial charge in [-0.1, -0.05) is 44.2 Å². The molecule has 0 radical (unpaired) electrons. The van der Waals surface area contributed by atoms with Gasteiger partial charge in [-0.3, -0.25) is 25.7 Å². The van der Waals surface area contributed by atoms with Crippen molar-refractivity contribution in [3.63, 3.8) is 0 Å². The number of allylic oxidation sites excluding steroid dienone is 1. The Bertz CT molecular complexity index is 1620. The number of aliphatic imine (C=N–C) groups is 1. The van der Waals surface area contributed by atoms with Crippen molar-refractivity contribution in [1.29, 1.82) is 10.8 Å². The van der Waals surface area contributed by atoms with E-state index >= 15 is 0 Å². The molecule has 0 spiro atoms. The molecule has 0 aliphatic rings. The number of aliphatic hydroxyl groups is 1. The first-order valence-electron chi connectivity index (χ1n) is 14.4. The smallest absolute Gasteiger partial charge is 0.361 e. The van der Waals surface area contributed by atoms with Crippen molar-refractivity contribution in [3.05, 3.63) is 71.8 Å². The zero-order chi connectivity index (χ0) is 36.0. The molecule has 0 bridgehead atoms. The summed E-state index contributed by atoms with van der Waals surface area (Å²) in [5, 5.41) is 30.1. The van der Waals surface area contributed by atoms with Crippen LogP contribution in [0.4, 0.5) is 0 Å². The van der Waals surface area contributed by atoms with Crippen LogP contribution in [-0.4, -0.2) is 90.7 Å². The first-order valence-corrected chi connectivity index (χ1v) is 14.4. The molecule has 0 aliphatic carbocycles. The number of rotatable bonds is 13. The van der Waals surface area contributed by atoms with E-state index < -0.39 is 53.6 Å². The molecule has 16 heteroatoms. The molecule has 0 saturated heterocycles. The lowest BCUT2D eigenvalue weighted by molar-refractivity contribution is -0.138. The normalized spacial score (nSPS) is 12.0. The molecule has 48 heavy (non-hydrogen) atoms. The molecule has 0 saturated carbocycles. The molecule has 0 fully saturated rings. The molecule has 0 heterocycles. The number of guanidine groups is 2. The van der Waals surface area contributed by atoms with Gasteiger partial charge in [0.15, 0.2) is 6.10 Å². The second kappa shape index (κ2) is 17.7. The van der Waals surface area contributed by atoms with E-state index in [0.717, 1.165) is 0 Å². The van der Waals surface area contributed by atoms with E-state index in [0.29, 0.717) is 0 Å². The van der Waals surface area contributed by atoms with Crippen molar-refractivity contribution in [2.45, 2.75) is 33.3 Å². The van der Waals surface area contributed by atoms with E-state index in [1.165, 1.54) is 79.4 Å². The largest absolute Gasteiger partial charge is 0.448 e. The summed E-state index contributed by atoms with van der Waals surface area (Å²) >= 11 is 0. The number of nitrogens with two attached hydrogens (primary N) is 1. The van der Waals surface area contributed by atoms with Crippen LogP contribution in [0, 0.1) is 16.2 Å². The molecule has 16 nitrogen and oxygen atoms in total. The average Bonchev–Trinajstić information content (AvgIpc) is 3.03. The molecule has 256 valence electrons. The van der Waals surface area contributed by atoms with E-state index in [4.69, 9.17) is 30.8 Å². The van der Waals surface area contributed by atoms with E-state index in [9.17, 15) is 29.1 Å². The van der Waals surface area contributed by atoms with Gasteiger partial charge in [-0.05, 0) is 37.3 Å². The van der Waals surface area contributed by atoms with Crippen LogP contribution < -0.4 is 25.8 Å². The topological polar surface area (TPSA) is 247 Å². The molecule has 2 aromatic carbocycles. The van der Waals surface area contributed by atoms with E-state index in [1.54, 1.807) is 21.0 Å². The Kier molecular flexibility index (Phi) is 14.1. The van der Waals surface area contributed by atoms with Gasteiger partial charge >= 0.3 is 17.9 Å². The highest BCUT2D eigenvalue weighted by atomic mass is 16.6. The predicted octanol–water partition coefficient (Wildman–Crippen LogP) is 1.38. The first-order chi connectivity index (χ1) is 22.6. The Morgan fingerprint density at radius 1 is 0.979 bits per heavy atom. The van der Waals surface area contributed by atoms with Crippen molar-refractivity contribution in [1.82, 2.24) is 15.5 Å². The monoisotopic (exact) mass is 665 g/mol. The maximum atomic E-state index is 13.4. The Balaban J connectivity index is 2.18.